The lowest BCUT2D eigenvalue weighted by molar-refractivity contribution is -0.938. The number of carbonyl (C=O) groups excluding carboxylic acids is 3. The van der Waals surface area contributed by atoms with Gasteiger partial charge in [0.25, 0.3) is 0 Å². The summed E-state index contributed by atoms with van der Waals surface area (Å²) in [5.74, 6) is -2.71. The number of anilines is 2. The van der Waals surface area contributed by atoms with E-state index in [1.165, 1.54) is 12.1 Å². The van der Waals surface area contributed by atoms with E-state index in [-0.39, 0.29) is 54.0 Å². The topological polar surface area (TPSA) is 215 Å². The van der Waals surface area contributed by atoms with Crippen LogP contribution in [0.4, 0.5) is 29.3 Å². The number of epoxide rings is 1. The molecule has 2 amide bonds. The van der Waals surface area contributed by atoms with E-state index in [9.17, 15) is 37.8 Å². The number of aliphatic hydroxyl groups is 1. The first-order valence-corrected chi connectivity index (χ1v) is 21.1. The van der Waals surface area contributed by atoms with Crippen LogP contribution in [0, 0.1) is 0 Å². The average Bonchev–Trinajstić information content (AvgIpc) is 4.04. The minimum Gasteiger partial charge on any atom is -0.542 e. The Labute approximate surface area is 371 Å². The number of likely N-dealkylation sites (N-methyl/N-ethyl adjacent to an activating group) is 1. The summed E-state index contributed by atoms with van der Waals surface area (Å²) in [6, 6.07) is 28.1. The molecule has 0 radical (unpaired) electrons. The Bertz CT molecular complexity index is 2590. The summed E-state index contributed by atoms with van der Waals surface area (Å²) in [5.41, 5.74) is 5.47. The minimum atomic E-state index is -5.19. The molecule has 0 spiro atoms. The van der Waals surface area contributed by atoms with Gasteiger partial charge in [0.1, 0.15) is 47.9 Å². The number of aliphatic hydroxyl groups excluding tert-OH is 1. The number of aromatic hydroxyl groups is 1. The third-order valence-electron chi connectivity index (χ3n) is 12.3. The third kappa shape index (κ3) is 10.9. The summed E-state index contributed by atoms with van der Waals surface area (Å²) < 4.78 is 50.0. The highest BCUT2D eigenvalue weighted by Gasteiger charge is 2.70. The number of hydrogen-bond acceptors (Lipinski definition) is 11. The summed E-state index contributed by atoms with van der Waals surface area (Å²) in [5, 5.41) is 39.7. The van der Waals surface area contributed by atoms with Gasteiger partial charge in [0, 0.05) is 49.4 Å². The molecule has 344 valence electrons. The summed E-state index contributed by atoms with van der Waals surface area (Å²) in [4.78, 5) is 49.6. The minimum absolute atomic E-state index is 0.0657. The van der Waals surface area contributed by atoms with Crippen molar-refractivity contribution in [1.29, 1.82) is 0 Å². The van der Waals surface area contributed by atoms with Gasteiger partial charge >= 0.3 is 12.3 Å². The number of alkyl halides is 3. The van der Waals surface area contributed by atoms with Gasteiger partial charge in [0.15, 0.2) is 0 Å². The quantitative estimate of drug-likeness (QED) is 0.0622. The molecule has 4 heterocycles. The van der Waals surface area contributed by atoms with Gasteiger partial charge in [-0.15, -0.1) is 0 Å². The number of carboxylic acids is 1. The van der Waals surface area contributed by atoms with Crippen molar-refractivity contribution in [1.82, 2.24) is 10.3 Å². The molecule has 65 heavy (non-hydrogen) atoms. The second kappa shape index (κ2) is 19.3. The first-order chi connectivity index (χ1) is 30.9. The molecule has 5 aromatic rings. The van der Waals surface area contributed by atoms with Crippen molar-refractivity contribution in [2.45, 2.75) is 81.3 Å². The van der Waals surface area contributed by atoms with E-state index in [1.807, 2.05) is 60.7 Å². The fourth-order valence-electron chi connectivity index (χ4n) is 8.94. The van der Waals surface area contributed by atoms with Crippen molar-refractivity contribution < 1.29 is 61.6 Å². The first-order valence-electron chi connectivity index (χ1n) is 21.1. The Hall–Kier alpha value is -6.47. The molecule has 3 saturated heterocycles. The maximum Gasteiger partial charge on any atom is 0.430 e. The number of aromatic amines is 1. The summed E-state index contributed by atoms with van der Waals surface area (Å²) >= 11 is 0. The monoisotopic (exact) mass is 901 g/mol. The lowest BCUT2D eigenvalue weighted by atomic mass is 9.96. The molecule has 8 rings (SSSR count). The Morgan fingerprint density at radius 1 is 0.923 bits per heavy atom. The number of methoxy groups -OCH3 is 1. The highest BCUT2D eigenvalue weighted by Crippen LogP contribution is 2.51. The Morgan fingerprint density at radius 3 is 2.29 bits per heavy atom. The zero-order valence-electron chi connectivity index (χ0n) is 35.8. The summed E-state index contributed by atoms with van der Waals surface area (Å²) in [6.07, 6.45) is -3.08. The molecule has 3 fully saturated rings. The van der Waals surface area contributed by atoms with Gasteiger partial charge in [-0.2, -0.15) is 13.2 Å². The SMILES string of the molecule is COc1cc(CNC[C@H](O)c2ccc(O)c3[nH]c(=O)ccc23)ccc1NC(=O)CCCc1ccc(-c2ccccc2)c(NC(=O)OC2C[C@@H]3[C@H]4O[C@H]4[C@H](C2)[N+]3(C)C)c1.O=C([O-])C(F)(F)F. The zero-order chi connectivity index (χ0) is 46.6. The average molecular weight is 902 g/mol. The van der Waals surface area contributed by atoms with Crippen LogP contribution in [-0.2, 0) is 32.0 Å². The third-order valence-corrected chi connectivity index (χ3v) is 12.3. The van der Waals surface area contributed by atoms with E-state index >= 15 is 0 Å². The molecule has 3 aliphatic heterocycles. The number of carboxylic acid groups (broad SMARTS) is 1. The highest BCUT2D eigenvalue weighted by atomic mass is 19.4. The van der Waals surface area contributed by atoms with Crippen LogP contribution in [0.25, 0.3) is 22.0 Å². The predicted octanol–water partition coefficient (Wildman–Crippen LogP) is 5.30. The molecule has 2 bridgehead atoms. The number of piperidine rings is 1. The van der Waals surface area contributed by atoms with Crippen LogP contribution in [0.15, 0.2) is 95.8 Å². The fraction of sp³-hybridized carbons (Fsp3) is 0.362. The number of nitrogens with zero attached hydrogens (tertiary/aromatic N) is 1. The number of aliphatic carboxylic acids is 1. The molecule has 1 aromatic heterocycles. The number of carbonyl (C=O) groups is 3. The summed E-state index contributed by atoms with van der Waals surface area (Å²) in [7, 11) is 6.05. The number of pyridine rings is 1. The van der Waals surface area contributed by atoms with Crippen molar-refractivity contribution in [3.8, 4) is 22.6 Å². The molecule has 15 nitrogen and oxygen atoms in total. The van der Waals surface area contributed by atoms with E-state index in [1.54, 1.807) is 25.3 Å². The van der Waals surface area contributed by atoms with Crippen LogP contribution in [0.5, 0.6) is 11.5 Å². The predicted molar refractivity (Wildman–Crippen MR) is 232 cm³/mol. The van der Waals surface area contributed by atoms with E-state index in [2.05, 4.69) is 35.0 Å². The van der Waals surface area contributed by atoms with E-state index in [4.69, 9.17) is 24.1 Å². The van der Waals surface area contributed by atoms with E-state index in [0.29, 0.717) is 59.5 Å². The van der Waals surface area contributed by atoms with Crippen molar-refractivity contribution in [2.75, 3.05) is 38.4 Å². The molecule has 4 aromatic carbocycles. The van der Waals surface area contributed by atoms with Crippen LogP contribution >= 0.6 is 0 Å². The number of aromatic nitrogens is 1. The van der Waals surface area contributed by atoms with Crippen LogP contribution in [-0.4, -0.2) is 102 Å². The molecule has 18 heteroatoms. The van der Waals surface area contributed by atoms with Gasteiger partial charge in [-0.05, 0) is 65.4 Å². The standard InChI is InChI=1S/C45H49N5O8.C2HF3O2/c1-50(2)35-22-29(23-36(50)44-43(35)58-44)57-45(55)48-34-20-26(12-14-30(34)28-9-5-4-6-10-28)8-7-11-40(53)47-33-17-13-27(21-39(33)56-3)24-46-25-38(52)31-15-18-37(51)42-32(31)16-19-41(54)49-42;3-2(4,5)1(6)7/h4-6,9-10,12-21,29,35-36,38,43-44,46,52H,7-8,11,22-25H2,1-3H3,(H3-,47,48,49,51,53,54,55);(H,6,7)/t29?,35-,36+,38-,43-,44+;/m0./s1. The van der Waals surface area contributed by atoms with Gasteiger partial charge in [-0.25, -0.2) is 4.79 Å². The second-order valence-electron chi connectivity index (χ2n) is 16.9. The number of morpholine rings is 1. The molecule has 6 atom stereocenters. The summed E-state index contributed by atoms with van der Waals surface area (Å²) in [6.45, 7) is 0.633. The van der Waals surface area contributed by atoms with Gasteiger partial charge in [-0.3, -0.25) is 14.9 Å². The number of quaternary nitrogens is 1. The number of ether oxygens (including phenoxy) is 3. The van der Waals surface area contributed by atoms with Crippen molar-refractivity contribution in [3.63, 3.8) is 0 Å². The second-order valence-corrected chi connectivity index (χ2v) is 16.9. The molecular formula is C47H50F3N5O10. The fourth-order valence-corrected chi connectivity index (χ4v) is 8.94. The van der Waals surface area contributed by atoms with Crippen molar-refractivity contribution in [2.24, 2.45) is 0 Å². The number of fused-ring (bicyclic) bond motifs is 6. The Kier molecular flexibility index (Phi) is 13.8. The molecule has 3 aliphatic rings. The van der Waals surface area contributed by atoms with Gasteiger partial charge in [0.05, 0.1) is 44.2 Å². The zero-order valence-corrected chi connectivity index (χ0v) is 35.8. The number of benzene rings is 4. The van der Waals surface area contributed by atoms with Crippen molar-refractivity contribution >= 4 is 40.2 Å². The number of hydrogen-bond donors (Lipinski definition) is 6. The number of aryl methyl sites for hydroxylation is 1. The molecular weight excluding hydrogens is 852 g/mol. The molecule has 6 N–H and O–H groups in total. The number of nitrogens with one attached hydrogen (secondary N) is 4. The smallest absolute Gasteiger partial charge is 0.430 e. The van der Waals surface area contributed by atoms with Gasteiger partial charge < -0.3 is 54.4 Å². The number of phenolic OH excluding ortho intramolecular Hbond substituents is 1. The van der Waals surface area contributed by atoms with Crippen molar-refractivity contribution in [3.05, 3.63) is 118 Å². The Balaban J connectivity index is 0.000000833. The maximum atomic E-state index is 13.3. The number of amides is 2. The lowest BCUT2D eigenvalue weighted by Crippen LogP contribution is -2.60. The first kappa shape index (κ1) is 46.5. The largest absolute Gasteiger partial charge is 0.542 e. The van der Waals surface area contributed by atoms with Crippen LogP contribution in [0.1, 0.15) is 48.5 Å². The molecule has 1 unspecified atom stereocenters. The van der Waals surface area contributed by atoms with Crippen LogP contribution < -0.4 is 31.4 Å². The number of halogens is 3. The van der Waals surface area contributed by atoms with Gasteiger partial charge in [0.2, 0.25) is 11.5 Å². The van der Waals surface area contributed by atoms with Crippen LogP contribution in [0.2, 0.25) is 0 Å². The number of phenols is 1. The van der Waals surface area contributed by atoms with E-state index in [0.717, 1.165) is 39.6 Å². The lowest BCUT2D eigenvalue weighted by Gasteiger charge is -2.45. The van der Waals surface area contributed by atoms with Gasteiger partial charge in [-0.1, -0.05) is 54.6 Å². The number of H-pyrrole nitrogens is 1. The van der Waals surface area contributed by atoms with Crippen LogP contribution in [0.3, 0.4) is 0 Å². The highest BCUT2D eigenvalue weighted by molar-refractivity contribution is 5.93. The molecule has 0 saturated carbocycles. The normalized spacial score (nSPS) is 20.7. The number of rotatable bonds is 14. The molecule has 0 aliphatic carbocycles. The Morgan fingerprint density at radius 2 is 1.62 bits per heavy atom. The van der Waals surface area contributed by atoms with E-state index < -0.39 is 24.3 Å². The maximum absolute atomic E-state index is 13.3.